The van der Waals surface area contributed by atoms with Crippen LogP contribution in [0, 0.1) is 6.92 Å². The van der Waals surface area contributed by atoms with Crippen LogP contribution in [0.4, 0.5) is 0 Å². The third kappa shape index (κ3) is 3.62. The summed E-state index contributed by atoms with van der Waals surface area (Å²) in [5.41, 5.74) is 1.95. The molecule has 1 N–H and O–H groups in total. The largest absolute Gasteiger partial charge is 0.489 e. The third-order valence-electron chi connectivity index (χ3n) is 4.64. The Bertz CT molecular complexity index is 852. The van der Waals surface area contributed by atoms with Crippen molar-refractivity contribution in [1.82, 2.24) is 19.8 Å². The molecule has 2 aromatic rings. The molecule has 0 atom stereocenters. The minimum absolute atomic E-state index is 0.00342. The molecule has 0 bridgehead atoms. The molecule has 7 heteroatoms. The van der Waals surface area contributed by atoms with E-state index in [2.05, 4.69) is 10.3 Å². The maximum atomic E-state index is 12.9. The van der Waals surface area contributed by atoms with Crippen molar-refractivity contribution in [3.05, 3.63) is 57.3 Å². The van der Waals surface area contributed by atoms with Crippen molar-refractivity contribution in [3.8, 4) is 5.75 Å². The van der Waals surface area contributed by atoms with E-state index in [0.717, 1.165) is 18.7 Å². The van der Waals surface area contributed by atoms with Crippen LogP contribution in [0.1, 0.15) is 27.4 Å². The first kappa shape index (κ1) is 18.1. The summed E-state index contributed by atoms with van der Waals surface area (Å²) >= 11 is 0. The molecule has 3 rings (SSSR count). The highest BCUT2D eigenvalue weighted by molar-refractivity contribution is 5.95. The van der Waals surface area contributed by atoms with Crippen LogP contribution in [0.5, 0.6) is 5.75 Å². The van der Waals surface area contributed by atoms with Gasteiger partial charge in [-0.2, -0.15) is 0 Å². The molecule has 1 aromatic heterocycles. The Balaban J connectivity index is 2.00. The Kier molecular flexibility index (Phi) is 5.37. The van der Waals surface area contributed by atoms with Gasteiger partial charge in [0.2, 0.25) is 5.75 Å². The van der Waals surface area contributed by atoms with Gasteiger partial charge in [0.15, 0.2) is 5.69 Å². The second-order valence-electron chi connectivity index (χ2n) is 6.48. The highest BCUT2D eigenvalue weighted by Crippen LogP contribution is 2.16. The number of hydrogen-bond donors (Lipinski definition) is 1. The Labute approximate surface area is 152 Å². The van der Waals surface area contributed by atoms with Gasteiger partial charge >= 0.3 is 0 Å². The topological polar surface area (TPSA) is 76.5 Å². The van der Waals surface area contributed by atoms with Crippen LogP contribution in [0.2, 0.25) is 0 Å². The van der Waals surface area contributed by atoms with Crippen LogP contribution in [0.25, 0.3) is 0 Å². The number of piperazine rings is 1. The summed E-state index contributed by atoms with van der Waals surface area (Å²) in [6.07, 6.45) is 0.470. The van der Waals surface area contributed by atoms with Gasteiger partial charge in [0.25, 0.3) is 11.5 Å². The lowest BCUT2D eigenvalue weighted by molar-refractivity contribution is 0.0725. The predicted octanol–water partition coefficient (Wildman–Crippen LogP) is 0.734. The second-order valence-corrected chi connectivity index (χ2v) is 6.48. The Hall–Kier alpha value is -2.67. The smallest absolute Gasteiger partial charge is 0.296 e. The van der Waals surface area contributed by atoms with Gasteiger partial charge in [-0.25, -0.2) is 4.98 Å². The molecular weight excluding hydrogens is 332 g/mol. The molecular formula is C19H24N4O3. The molecule has 2 heterocycles. The summed E-state index contributed by atoms with van der Waals surface area (Å²) in [4.78, 5) is 31.8. The molecule has 0 radical (unpaired) electrons. The van der Waals surface area contributed by atoms with Gasteiger partial charge in [0.1, 0.15) is 5.82 Å². The lowest BCUT2D eigenvalue weighted by atomic mass is 10.1. The lowest BCUT2D eigenvalue weighted by Crippen LogP contribution is -2.47. The highest BCUT2D eigenvalue weighted by atomic mass is 16.5. The van der Waals surface area contributed by atoms with Gasteiger partial charge in [-0.3, -0.25) is 14.2 Å². The second kappa shape index (κ2) is 7.70. The number of nitrogens with zero attached hydrogens (tertiary/aromatic N) is 3. The number of rotatable bonds is 4. The molecule has 1 saturated heterocycles. The number of carbonyl (C=O) groups excluding carboxylic acids is 1. The predicted molar refractivity (Wildman–Crippen MR) is 98.8 cm³/mol. The van der Waals surface area contributed by atoms with Crippen molar-refractivity contribution >= 4 is 5.91 Å². The number of hydrogen-bond acceptors (Lipinski definition) is 5. The van der Waals surface area contributed by atoms with E-state index in [4.69, 9.17) is 4.74 Å². The average molecular weight is 356 g/mol. The zero-order valence-electron chi connectivity index (χ0n) is 15.4. The summed E-state index contributed by atoms with van der Waals surface area (Å²) in [5, 5.41) is 3.21. The van der Waals surface area contributed by atoms with E-state index in [1.165, 1.54) is 17.2 Å². The van der Waals surface area contributed by atoms with E-state index >= 15 is 0 Å². The number of aryl methyl sites for hydroxylation is 1. The maximum absolute atomic E-state index is 12.9. The highest BCUT2D eigenvalue weighted by Gasteiger charge is 2.26. The summed E-state index contributed by atoms with van der Waals surface area (Å²) in [6, 6.07) is 8.04. The Morgan fingerprint density at radius 1 is 1.23 bits per heavy atom. The van der Waals surface area contributed by atoms with Crippen LogP contribution < -0.4 is 15.6 Å². The van der Waals surface area contributed by atoms with Gasteiger partial charge in [-0.05, 0) is 12.5 Å². The van der Waals surface area contributed by atoms with Crippen molar-refractivity contribution in [3.63, 3.8) is 0 Å². The summed E-state index contributed by atoms with van der Waals surface area (Å²) in [7, 11) is 3.05. The minimum Gasteiger partial charge on any atom is -0.489 e. The molecule has 1 aliphatic rings. The molecule has 1 amide bonds. The Morgan fingerprint density at radius 3 is 2.50 bits per heavy atom. The fourth-order valence-corrected chi connectivity index (χ4v) is 3.02. The van der Waals surface area contributed by atoms with E-state index in [1.807, 2.05) is 31.2 Å². The first-order chi connectivity index (χ1) is 12.5. The zero-order valence-corrected chi connectivity index (χ0v) is 15.4. The van der Waals surface area contributed by atoms with Crippen molar-refractivity contribution in [1.29, 1.82) is 0 Å². The van der Waals surface area contributed by atoms with E-state index in [0.29, 0.717) is 25.3 Å². The molecule has 1 fully saturated rings. The van der Waals surface area contributed by atoms with Crippen LogP contribution >= 0.6 is 0 Å². The number of amides is 1. The summed E-state index contributed by atoms with van der Waals surface area (Å²) < 4.78 is 6.68. The van der Waals surface area contributed by atoms with E-state index in [1.54, 1.807) is 11.9 Å². The number of carbonyl (C=O) groups is 1. The van der Waals surface area contributed by atoms with Crippen molar-refractivity contribution in [2.45, 2.75) is 13.3 Å². The van der Waals surface area contributed by atoms with Gasteiger partial charge in [0.05, 0.1) is 7.11 Å². The van der Waals surface area contributed by atoms with E-state index in [-0.39, 0.29) is 22.9 Å². The van der Waals surface area contributed by atoms with Gasteiger partial charge in [0, 0.05) is 39.6 Å². The van der Waals surface area contributed by atoms with Crippen LogP contribution in [-0.2, 0) is 13.5 Å². The number of ether oxygens (including phenoxy) is 1. The average Bonchev–Trinajstić information content (AvgIpc) is 2.67. The Morgan fingerprint density at radius 2 is 1.88 bits per heavy atom. The van der Waals surface area contributed by atoms with E-state index < -0.39 is 0 Å². The molecule has 26 heavy (non-hydrogen) atoms. The SMILES string of the molecule is COc1c(C(=O)N2CCNCC2)nc(Cc2ccc(C)cc2)n(C)c1=O. The normalized spacial score (nSPS) is 14.3. The fraction of sp³-hybridized carbons (Fsp3) is 0.421. The monoisotopic (exact) mass is 356 g/mol. The van der Waals surface area contributed by atoms with Gasteiger partial charge < -0.3 is 15.0 Å². The number of benzene rings is 1. The molecule has 0 saturated carbocycles. The molecule has 0 aliphatic carbocycles. The quantitative estimate of drug-likeness (QED) is 0.874. The summed E-state index contributed by atoms with van der Waals surface area (Å²) in [6.45, 7) is 4.66. The summed E-state index contributed by atoms with van der Waals surface area (Å²) in [5.74, 6) is 0.285. The molecule has 7 nitrogen and oxygen atoms in total. The number of nitrogens with one attached hydrogen (secondary N) is 1. The fourth-order valence-electron chi connectivity index (χ4n) is 3.02. The maximum Gasteiger partial charge on any atom is 0.296 e. The third-order valence-corrected chi connectivity index (χ3v) is 4.64. The van der Waals surface area contributed by atoms with E-state index in [9.17, 15) is 9.59 Å². The first-order valence-electron chi connectivity index (χ1n) is 8.70. The van der Waals surface area contributed by atoms with Crippen LogP contribution in [-0.4, -0.2) is 53.6 Å². The molecule has 1 aliphatic heterocycles. The van der Waals surface area contributed by atoms with Crippen molar-refractivity contribution in [2.24, 2.45) is 7.05 Å². The molecule has 1 aromatic carbocycles. The van der Waals surface area contributed by atoms with Crippen LogP contribution in [0.3, 0.4) is 0 Å². The molecule has 0 unspecified atom stereocenters. The lowest BCUT2D eigenvalue weighted by Gasteiger charge is -2.27. The molecule has 0 spiro atoms. The standard InChI is InChI=1S/C19H24N4O3/c1-13-4-6-14(7-5-13)12-15-21-16(17(26-3)19(25)22(15)2)18(24)23-10-8-20-9-11-23/h4-7,20H,8-12H2,1-3H3. The van der Waals surface area contributed by atoms with Crippen LogP contribution in [0.15, 0.2) is 29.1 Å². The molecule has 138 valence electrons. The minimum atomic E-state index is -0.344. The number of methoxy groups -OCH3 is 1. The van der Waals surface area contributed by atoms with Gasteiger partial charge in [-0.1, -0.05) is 29.8 Å². The van der Waals surface area contributed by atoms with Crippen molar-refractivity contribution in [2.75, 3.05) is 33.3 Å². The van der Waals surface area contributed by atoms with Crippen molar-refractivity contribution < 1.29 is 9.53 Å². The number of aromatic nitrogens is 2. The van der Waals surface area contributed by atoms with Gasteiger partial charge in [-0.15, -0.1) is 0 Å². The zero-order chi connectivity index (χ0) is 18.7. The first-order valence-corrected chi connectivity index (χ1v) is 8.70.